The van der Waals surface area contributed by atoms with Crippen LogP contribution in [0.1, 0.15) is 32.1 Å². The van der Waals surface area contributed by atoms with E-state index < -0.39 is 84.3 Å². The number of hydrogen-bond acceptors (Lipinski definition) is 15. The van der Waals surface area contributed by atoms with E-state index in [1.165, 1.54) is 21.6 Å². The van der Waals surface area contributed by atoms with Gasteiger partial charge in [0.1, 0.15) is 30.2 Å². The molecule has 0 unspecified atom stereocenters. The van der Waals surface area contributed by atoms with Crippen LogP contribution in [0.3, 0.4) is 0 Å². The Morgan fingerprint density at radius 3 is 0.977 bits per heavy atom. The van der Waals surface area contributed by atoms with Gasteiger partial charge < -0.3 is 70.1 Å². The van der Waals surface area contributed by atoms with Crippen molar-refractivity contribution in [3.8, 4) is 0 Å². The van der Waals surface area contributed by atoms with E-state index in [0.29, 0.717) is 0 Å². The summed E-state index contributed by atoms with van der Waals surface area (Å²) in [4.78, 5) is 80.2. The standard InChI is InChI=1S/C6H12N2O4S2.C5H10N2O3.C5H9NO4.C4H7NO4/c7-3(5(9)10)1-13-14-2-4(8)6(11)12;2*6-3(5(9)10)1-2-4(7)8;5-2(4(8)9)1-3(6)7/h3-4H,1-2,7-8H2,(H,9,10)(H,11,12);3H,1-2,6H2,(H2,7,8)(H,9,10);3H,1-2,6H2,(H,7,8)(H,9,10);2H,1,5H2,(H,6,7)(H,8,9)/t3-,4-;2*3-;2-/m0000/s1. The van der Waals surface area contributed by atoms with Gasteiger partial charge in [-0.3, -0.25) is 38.4 Å². The van der Waals surface area contributed by atoms with Gasteiger partial charge in [-0.15, -0.1) is 0 Å². The lowest BCUT2D eigenvalue weighted by Crippen LogP contribution is -2.33. The minimum Gasteiger partial charge on any atom is -0.481 e. The predicted octanol–water partition coefficient (Wildman–Crippen LogP) is -4.01. The highest BCUT2D eigenvalue weighted by Crippen LogP contribution is 2.22. The summed E-state index contributed by atoms with van der Waals surface area (Å²) in [5.74, 6) is -8.02. The molecule has 0 heterocycles. The van der Waals surface area contributed by atoms with Crippen molar-refractivity contribution >= 4 is 69.3 Å². The predicted molar refractivity (Wildman–Crippen MR) is 151 cm³/mol. The molecule has 0 fully saturated rings. The van der Waals surface area contributed by atoms with Crippen molar-refractivity contribution in [2.45, 2.75) is 62.3 Å². The number of carbonyl (C=O) groups excluding carboxylic acids is 1. The highest BCUT2D eigenvalue weighted by molar-refractivity contribution is 8.76. The molecule has 1 amide bonds. The van der Waals surface area contributed by atoms with Crippen LogP contribution in [-0.2, 0) is 38.4 Å². The molecular weight excluding hydrogens is 628 g/mol. The summed E-state index contributed by atoms with van der Waals surface area (Å²) in [6, 6.07) is -5.17. The third-order valence-electron chi connectivity index (χ3n) is 3.93. The zero-order valence-corrected chi connectivity index (χ0v) is 24.1. The summed E-state index contributed by atoms with van der Waals surface area (Å²) in [6.07, 6.45) is -0.633. The van der Waals surface area contributed by atoms with Crippen LogP contribution < -0.4 is 34.4 Å². The van der Waals surface area contributed by atoms with Gasteiger partial charge in [0.25, 0.3) is 0 Å². The number of nitrogens with two attached hydrogens (primary N) is 6. The van der Waals surface area contributed by atoms with Gasteiger partial charge in [0.15, 0.2) is 0 Å². The molecular formula is C20H38N6O15S2. The van der Waals surface area contributed by atoms with E-state index in [0.717, 1.165) is 0 Å². The molecule has 43 heavy (non-hydrogen) atoms. The Morgan fingerprint density at radius 1 is 0.465 bits per heavy atom. The smallest absolute Gasteiger partial charge is 0.321 e. The van der Waals surface area contributed by atoms with E-state index in [4.69, 9.17) is 70.1 Å². The van der Waals surface area contributed by atoms with Crippen LogP contribution in [0.4, 0.5) is 0 Å². The molecule has 0 aliphatic rings. The summed E-state index contributed by atoms with van der Waals surface area (Å²) >= 11 is 0. The van der Waals surface area contributed by atoms with Crippen LogP contribution in [0.2, 0.25) is 0 Å². The minimum absolute atomic E-state index is 0.0213. The average molecular weight is 667 g/mol. The number of aliphatic carboxylic acids is 7. The second-order valence-corrected chi connectivity index (χ2v) is 10.4. The maximum Gasteiger partial charge on any atom is 0.321 e. The summed E-state index contributed by atoms with van der Waals surface area (Å²) in [5.41, 5.74) is 30.1. The molecule has 0 saturated carbocycles. The average Bonchev–Trinajstić information content (AvgIpc) is 2.88. The number of amides is 1. The first-order valence-corrected chi connectivity index (χ1v) is 13.9. The first-order valence-electron chi connectivity index (χ1n) is 11.4. The van der Waals surface area contributed by atoms with Crippen molar-refractivity contribution in [1.29, 1.82) is 0 Å². The van der Waals surface area contributed by atoms with Crippen molar-refractivity contribution in [2.24, 2.45) is 34.4 Å². The topological polar surface area (TPSA) is 434 Å². The van der Waals surface area contributed by atoms with Crippen molar-refractivity contribution in [2.75, 3.05) is 11.5 Å². The molecule has 0 aromatic heterocycles. The molecule has 0 aromatic rings. The van der Waals surface area contributed by atoms with Gasteiger partial charge in [-0.2, -0.15) is 0 Å². The van der Waals surface area contributed by atoms with E-state index in [1.54, 1.807) is 0 Å². The van der Waals surface area contributed by atoms with Crippen molar-refractivity contribution in [3.05, 3.63) is 0 Å². The van der Waals surface area contributed by atoms with E-state index >= 15 is 0 Å². The van der Waals surface area contributed by atoms with Crippen LogP contribution >= 0.6 is 21.6 Å². The van der Waals surface area contributed by atoms with Crippen molar-refractivity contribution < 1.29 is 74.1 Å². The largest absolute Gasteiger partial charge is 0.481 e. The molecule has 23 heteroatoms. The molecule has 0 spiro atoms. The molecule has 5 atom stereocenters. The lowest BCUT2D eigenvalue weighted by molar-refractivity contribution is -0.144. The fourth-order valence-corrected chi connectivity index (χ4v) is 3.71. The van der Waals surface area contributed by atoms with Crippen LogP contribution in [0.5, 0.6) is 0 Å². The molecule has 21 nitrogen and oxygen atoms in total. The van der Waals surface area contributed by atoms with Gasteiger partial charge in [-0.05, 0) is 12.8 Å². The molecule has 0 aromatic carbocycles. The lowest BCUT2D eigenvalue weighted by Gasteiger charge is -2.07. The summed E-state index contributed by atoms with van der Waals surface area (Å²) < 4.78 is 0. The van der Waals surface area contributed by atoms with Crippen LogP contribution in [0.15, 0.2) is 0 Å². The number of rotatable bonds is 18. The Kier molecular flexibility index (Phi) is 29.1. The van der Waals surface area contributed by atoms with Gasteiger partial charge in [0, 0.05) is 24.3 Å². The first-order chi connectivity index (χ1) is 19.6. The lowest BCUT2D eigenvalue weighted by atomic mass is 10.2. The second kappa shape index (κ2) is 27.1. The van der Waals surface area contributed by atoms with Gasteiger partial charge in [-0.1, -0.05) is 21.6 Å². The van der Waals surface area contributed by atoms with Gasteiger partial charge in [0.05, 0.1) is 6.42 Å². The molecule has 0 rings (SSSR count). The maximum atomic E-state index is 10.3. The van der Waals surface area contributed by atoms with Crippen molar-refractivity contribution in [1.82, 2.24) is 0 Å². The molecule has 19 N–H and O–H groups in total. The normalized spacial score (nSPS) is 13.2. The Bertz CT molecular complexity index is 871. The molecule has 0 radical (unpaired) electrons. The van der Waals surface area contributed by atoms with Gasteiger partial charge in [-0.25, -0.2) is 0 Å². The second-order valence-electron chi connectivity index (χ2n) is 7.83. The van der Waals surface area contributed by atoms with Crippen LogP contribution in [0.25, 0.3) is 0 Å². The summed E-state index contributed by atoms with van der Waals surface area (Å²) in [7, 11) is 2.41. The Hall–Kier alpha value is -3.74. The molecule has 0 bridgehead atoms. The minimum atomic E-state index is -1.29. The quantitative estimate of drug-likeness (QED) is 0.0489. The molecule has 0 aliphatic carbocycles. The number of carboxylic acids is 7. The van der Waals surface area contributed by atoms with E-state index in [2.05, 4.69) is 0 Å². The highest BCUT2D eigenvalue weighted by Gasteiger charge is 2.16. The summed E-state index contributed by atoms with van der Waals surface area (Å²) in [6.45, 7) is 0. The van der Waals surface area contributed by atoms with E-state index in [-0.39, 0.29) is 37.2 Å². The summed E-state index contributed by atoms with van der Waals surface area (Å²) in [5, 5.41) is 57.3. The highest BCUT2D eigenvalue weighted by atomic mass is 33.1. The third kappa shape index (κ3) is 36.2. The molecule has 0 aliphatic heterocycles. The number of carboxylic acid groups (broad SMARTS) is 7. The van der Waals surface area contributed by atoms with Crippen LogP contribution in [0, 0.1) is 0 Å². The van der Waals surface area contributed by atoms with Crippen LogP contribution in [-0.4, -0.2) is 125 Å². The Labute approximate surface area is 251 Å². The van der Waals surface area contributed by atoms with E-state index in [9.17, 15) is 38.4 Å². The molecule has 250 valence electrons. The fourth-order valence-electron chi connectivity index (χ4n) is 1.48. The van der Waals surface area contributed by atoms with Gasteiger partial charge >= 0.3 is 41.8 Å². The van der Waals surface area contributed by atoms with E-state index in [1.807, 2.05) is 0 Å². The Balaban J connectivity index is -0.000000240. The SMILES string of the molecule is NC(=O)CC[C@H](N)C(=O)O.N[C@@H](CC(=O)O)C(=O)O.N[C@@H](CCC(=O)O)C(=O)O.N[C@@H](CSSC[C@H](N)C(=O)O)C(=O)O. The monoisotopic (exact) mass is 666 g/mol. The fraction of sp³-hybridized carbons (Fsp3) is 0.600. The first kappa shape index (κ1) is 46.2. The third-order valence-corrected chi connectivity index (χ3v) is 6.40. The number of hydrogen-bond donors (Lipinski definition) is 13. The zero-order chi connectivity index (χ0) is 34.9. The molecule has 0 saturated heterocycles. The number of primary amides is 1. The Morgan fingerprint density at radius 2 is 0.767 bits per heavy atom. The maximum absolute atomic E-state index is 10.3. The van der Waals surface area contributed by atoms with Gasteiger partial charge in [0.2, 0.25) is 5.91 Å². The zero-order valence-electron chi connectivity index (χ0n) is 22.5. The number of carbonyl (C=O) groups is 8. The van der Waals surface area contributed by atoms with Crippen molar-refractivity contribution in [3.63, 3.8) is 0 Å².